The van der Waals surface area contributed by atoms with Crippen LogP contribution in [-0.2, 0) is 4.79 Å². The van der Waals surface area contributed by atoms with E-state index in [0.717, 1.165) is 6.42 Å². The van der Waals surface area contributed by atoms with Crippen LogP contribution >= 0.6 is 15.9 Å². The summed E-state index contributed by atoms with van der Waals surface area (Å²) in [4.78, 5) is 9.38. The molecule has 0 fully saturated rings. The van der Waals surface area contributed by atoms with Crippen molar-refractivity contribution in [2.24, 2.45) is 0 Å². The lowest BCUT2D eigenvalue weighted by Crippen LogP contribution is -2.27. The van der Waals surface area contributed by atoms with Gasteiger partial charge in [-0.2, -0.15) is 0 Å². The van der Waals surface area contributed by atoms with Crippen LogP contribution in [0.1, 0.15) is 19.8 Å². The van der Waals surface area contributed by atoms with Crippen LogP contribution in [0.15, 0.2) is 0 Å². The van der Waals surface area contributed by atoms with Crippen LogP contribution in [0.25, 0.3) is 0 Å². The summed E-state index contributed by atoms with van der Waals surface area (Å²) in [5, 5.41) is 17.4. The Bertz CT molecular complexity index is 116. The highest BCUT2D eigenvalue weighted by Crippen LogP contribution is 2.10. The van der Waals surface area contributed by atoms with Gasteiger partial charge in [0.15, 0.2) is 0 Å². The van der Waals surface area contributed by atoms with E-state index in [9.17, 15) is 4.79 Å². The molecule has 0 bridgehead atoms. The molecule has 10 heavy (non-hydrogen) atoms. The van der Waals surface area contributed by atoms with Gasteiger partial charge in [0.1, 0.15) is 4.83 Å². The first-order valence-corrected chi connectivity index (χ1v) is 4.06. The third-order valence-corrected chi connectivity index (χ3v) is 2.16. The Balaban J connectivity index is 3.69. The second-order valence-corrected chi connectivity index (χ2v) is 3.08. The van der Waals surface area contributed by atoms with E-state index < -0.39 is 16.9 Å². The fourth-order valence-electron chi connectivity index (χ4n) is 0.607. The minimum atomic E-state index is -1.01. The molecule has 2 atom stereocenters. The highest BCUT2D eigenvalue weighted by Gasteiger charge is 2.21. The van der Waals surface area contributed by atoms with Gasteiger partial charge in [-0.1, -0.05) is 29.3 Å². The van der Waals surface area contributed by atoms with Gasteiger partial charge in [-0.15, -0.1) is 0 Å². The fraction of sp³-hybridized carbons (Fsp3) is 0.833. The van der Waals surface area contributed by atoms with Gasteiger partial charge in [0.2, 0.25) is 0 Å². The van der Waals surface area contributed by atoms with Crippen molar-refractivity contribution in [2.75, 3.05) is 0 Å². The van der Waals surface area contributed by atoms with Crippen molar-refractivity contribution in [3.05, 3.63) is 0 Å². The molecule has 0 saturated carbocycles. The molecule has 0 radical (unpaired) electrons. The quantitative estimate of drug-likeness (QED) is 0.682. The van der Waals surface area contributed by atoms with Crippen molar-refractivity contribution in [2.45, 2.75) is 30.7 Å². The number of carbonyl (C=O) groups is 1. The van der Waals surface area contributed by atoms with Crippen LogP contribution in [0.4, 0.5) is 0 Å². The number of aliphatic hydroxyl groups excluding tert-OH is 1. The fourth-order valence-corrected chi connectivity index (χ4v) is 0.871. The van der Waals surface area contributed by atoms with Crippen molar-refractivity contribution in [3.63, 3.8) is 0 Å². The number of hydrogen-bond donors (Lipinski definition) is 2. The Kier molecular flexibility index (Phi) is 4.64. The molecule has 0 saturated heterocycles. The lowest BCUT2D eigenvalue weighted by molar-refractivity contribution is -0.138. The SMILES string of the molecule is CCCC(O)[C@@H](Br)C(=O)O. The van der Waals surface area contributed by atoms with Crippen molar-refractivity contribution in [1.29, 1.82) is 0 Å². The molecular formula is C6H11BrO3. The van der Waals surface area contributed by atoms with Crippen LogP contribution < -0.4 is 0 Å². The predicted octanol–water partition coefficient (Wildman–Crippen LogP) is 0.996. The summed E-state index contributed by atoms with van der Waals surface area (Å²) in [5.41, 5.74) is 0. The molecule has 0 rings (SSSR count). The summed E-state index contributed by atoms with van der Waals surface area (Å²) in [6, 6.07) is 0. The van der Waals surface area contributed by atoms with Gasteiger partial charge in [0.05, 0.1) is 6.10 Å². The number of carboxylic acid groups (broad SMARTS) is 1. The molecule has 0 aromatic heterocycles. The van der Waals surface area contributed by atoms with Crippen molar-refractivity contribution in [1.82, 2.24) is 0 Å². The number of aliphatic carboxylic acids is 1. The standard InChI is InChI=1S/C6H11BrO3/c1-2-3-4(8)5(7)6(9)10/h4-5,8H,2-3H2,1H3,(H,9,10)/t4?,5-/m1/s1. The first kappa shape index (κ1) is 9.91. The molecule has 0 aliphatic carbocycles. The van der Waals surface area contributed by atoms with E-state index in [1.807, 2.05) is 6.92 Å². The van der Waals surface area contributed by atoms with E-state index in [0.29, 0.717) is 6.42 Å². The maximum absolute atomic E-state index is 10.2. The van der Waals surface area contributed by atoms with Gasteiger partial charge in [0.25, 0.3) is 0 Å². The minimum Gasteiger partial charge on any atom is -0.480 e. The van der Waals surface area contributed by atoms with Crippen LogP contribution in [0.3, 0.4) is 0 Å². The normalized spacial score (nSPS) is 16.3. The zero-order valence-electron chi connectivity index (χ0n) is 5.75. The predicted molar refractivity (Wildman–Crippen MR) is 41.3 cm³/mol. The molecule has 0 heterocycles. The van der Waals surface area contributed by atoms with Gasteiger partial charge in [-0.25, -0.2) is 0 Å². The molecule has 60 valence electrons. The van der Waals surface area contributed by atoms with Crippen LogP contribution in [0.5, 0.6) is 0 Å². The van der Waals surface area contributed by atoms with E-state index in [4.69, 9.17) is 10.2 Å². The van der Waals surface area contributed by atoms with Crippen molar-refractivity contribution >= 4 is 21.9 Å². The van der Waals surface area contributed by atoms with E-state index >= 15 is 0 Å². The average Bonchev–Trinajstić information content (AvgIpc) is 1.87. The molecule has 0 spiro atoms. The van der Waals surface area contributed by atoms with E-state index in [2.05, 4.69) is 15.9 Å². The average molecular weight is 211 g/mol. The summed E-state index contributed by atoms with van der Waals surface area (Å²) in [6.07, 6.45) is 0.529. The number of hydrogen-bond acceptors (Lipinski definition) is 2. The zero-order chi connectivity index (χ0) is 8.15. The Hall–Kier alpha value is -0.0900. The third-order valence-electron chi connectivity index (χ3n) is 1.16. The molecular weight excluding hydrogens is 200 g/mol. The third kappa shape index (κ3) is 3.17. The van der Waals surface area contributed by atoms with Crippen LogP contribution in [0, 0.1) is 0 Å². The van der Waals surface area contributed by atoms with E-state index in [1.54, 1.807) is 0 Å². The topological polar surface area (TPSA) is 57.5 Å². The summed E-state index contributed by atoms with van der Waals surface area (Å²) < 4.78 is 0. The Morgan fingerprint density at radius 3 is 2.50 bits per heavy atom. The smallest absolute Gasteiger partial charge is 0.319 e. The zero-order valence-corrected chi connectivity index (χ0v) is 7.34. The van der Waals surface area contributed by atoms with Gasteiger partial charge in [-0.3, -0.25) is 4.79 Å². The Morgan fingerprint density at radius 2 is 2.20 bits per heavy atom. The molecule has 0 aliphatic heterocycles. The molecule has 3 nitrogen and oxygen atoms in total. The summed E-state index contributed by atoms with van der Waals surface area (Å²) in [5.74, 6) is -1.01. The summed E-state index contributed by atoms with van der Waals surface area (Å²) in [6.45, 7) is 1.89. The number of alkyl halides is 1. The molecule has 0 aromatic carbocycles. The molecule has 1 unspecified atom stereocenters. The van der Waals surface area contributed by atoms with Crippen molar-refractivity contribution < 1.29 is 15.0 Å². The minimum absolute atomic E-state index is 0.516. The monoisotopic (exact) mass is 210 g/mol. The first-order valence-electron chi connectivity index (χ1n) is 3.14. The van der Waals surface area contributed by atoms with Crippen LogP contribution in [-0.4, -0.2) is 27.1 Å². The van der Waals surface area contributed by atoms with Gasteiger partial charge in [0, 0.05) is 0 Å². The number of halogens is 1. The second-order valence-electron chi connectivity index (χ2n) is 2.10. The number of carboxylic acids is 1. The Morgan fingerprint density at radius 1 is 1.70 bits per heavy atom. The van der Waals surface area contributed by atoms with Gasteiger partial charge < -0.3 is 10.2 Å². The lowest BCUT2D eigenvalue weighted by Gasteiger charge is -2.11. The summed E-state index contributed by atoms with van der Waals surface area (Å²) >= 11 is 2.86. The van der Waals surface area contributed by atoms with Crippen LogP contribution in [0.2, 0.25) is 0 Å². The summed E-state index contributed by atoms with van der Waals surface area (Å²) in [7, 11) is 0. The molecule has 0 amide bonds. The Labute approximate surface area is 68.2 Å². The first-order chi connectivity index (χ1) is 4.59. The number of aliphatic hydroxyl groups is 1. The van der Waals surface area contributed by atoms with Gasteiger partial charge >= 0.3 is 5.97 Å². The highest BCUT2D eigenvalue weighted by molar-refractivity contribution is 9.10. The molecule has 4 heteroatoms. The molecule has 0 aliphatic rings. The van der Waals surface area contributed by atoms with E-state index in [-0.39, 0.29) is 0 Å². The maximum Gasteiger partial charge on any atom is 0.319 e. The molecule has 0 aromatic rings. The van der Waals surface area contributed by atoms with E-state index in [1.165, 1.54) is 0 Å². The lowest BCUT2D eigenvalue weighted by atomic mass is 10.1. The van der Waals surface area contributed by atoms with Gasteiger partial charge in [-0.05, 0) is 6.42 Å². The maximum atomic E-state index is 10.2. The largest absolute Gasteiger partial charge is 0.480 e. The highest BCUT2D eigenvalue weighted by atomic mass is 79.9. The van der Waals surface area contributed by atoms with Crippen molar-refractivity contribution in [3.8, 4) is 0 Å². The number of rotatable bonds is 4. The second kappa shape index (κ2) is 4.68. The molecule has 2 N–H and O–H groups in total.